The molecule has 0 aliphatic heterocycles. The van der Waals surface area contributed by atoms with Crippen molar-refractivity contribution in [2.24, 2.45) is 5.92 Å². The SMILES string of the molecule is Cc1cc(C)c(C(O)CNC2CCCCC2C)c(C)c1. The van der Waals surface area contributed by atoms with E-state index in [4.69, 9.17) is 0 Å². The molecule has 20 heavy (non-hydrogen) atoms. The van der Waals surface area contributed by atoms with E-state index in [-0.39, 0.29) is 0 Å². The molecule has 2 rings (SSSR count). The number of rotatable bonds is 4. The molecule has 0 aromatic heterocycles. The summed E-state index contributed by atoms with van der Waals surface area (Å²) in [5.41, 5.74) is 4.78. The molecule has 2 N–H and O–H groups in total. The van der Waals surface area contributed by atoms with Gasteiger partial charge in [0.2, 0.25) is 0 Å². The van der Waals surface area contributed by atoms with E-state index in [1.165, 1.54) is 42.4 Å². The predicted molar refractivity (Wildman–Crippen MR) is 85.0 cm³/mol. The lowest BCUT2D eigenvalue weighted by Gasteiger charge is -2.31. The number of nitrogens with one attached hydrogen (secondary N) is 1. The summed E-state index contributed by atoms with van der Waals surface area (Å²) in [4.78, 5) is 0. The van der Waals surface area contributed by atoms with Gasteiger partial charge in [-0.1, -0.05) is 37.5 Å². The average Bonchev–Trinajstić information content (AvgIpc) is 2.36. The lowest BCUT2D eigenvalue weighted by Crippen LogP contribution is -2.39. The van der Waals surface area contributed by atoms with Crippen LogP contribution in [0, 0.1) is 26.7 Å². The third kappa shape index (κ3) is 3.62. The van der Waals surface area contributed by atoms with Gasteiger partial charge in [0.25, 0.3) is 0 Å². The van der Waals surface area contributed by atoms with Crippen molar-refractivity contribution in [3.63, 3.8) is 0 Å². The lowest BCUT2D eigenvalue weighted by molar-refractivity contribution is 0.156. The van der Waals surface area contributed by atoms with Crippen LogP contribution in [0.5, 0.6) is 0 Å². The van der Waals surface area contributed by atoms with Gasteiger partial charge in [-0.15, -0.1) is 0 Å². The fourth-order valence-electron chi connectivity index (χ4n) is 3.70. The largest absolute Gasteiger partial charge is 0.387 e. The summed E-state index contributed by atoms with van der Waals surface area (Å²) in [5, 5.41) is 14.1. The molecule has 0 spiro atoms. The second-order valence-corrected chi connectivity index (χ2v) is 6.60. The number of benzene rings is 1. The summed E-state index contributed by atoms with van der Waals surface area (Å²) < 4.78 is 0. The first kappa shape index (κ1) is 15.5. The van der Waals surface area contributed by atoms with Gasteiger partial charge >= 0.3 is 0 Å². The van der Waals surface area contributed by atoms with Gasteiger partial charge in [0.05, 0.1) is 6.10 Å². The summed E-state index contributed by atoms with van der Waals surface area (Å²) in [7, 11) is 0. The van der Waals surface area contributed by atoms with Crippen LogP contribution in [0.2, 0.25) is 0 Å². The number of aliphatic hydroxyl groups is 1. The topological polar surface area (TPSA) is 32.3 Å². The van der Waals surface area contributed by atoms with Crippen LogP contribution in [0.1, 0.15) is 61.0 Å². The zero-order valence-electron chi connectivity index (χ0n) is 13.4. The molecule has 1 aliphatic carbocycles. The Hall–Kier alpha value is -0.860. The van der Waals surface area contributed by atoms with Gasteiger partial charge in [0, 0.05) is 12.6 Å². The molecule has 3 atom stereocenters. The van der Waals surface area contributed by atoms with Crippen LogP contribution in [0.25, 0.3) is 0 Å². The van der Waals surface area contributed by atoms with Crippen LogP contribution >= 0.6 is 0 Å². The first-order chi connectivity index (χ1) is 9.49. The Kier molecular flexibility index (Phi) is 5.22. The highest BCUT2D eigenvalue weighted by Gasteiger charge is 2.22. The summed E-state index contributed by atoms with van der Waals surface area (Å²) >= 11 is 0. The van der Waals surface area contributed by atoms with Gasteiger partial charge in [-0.3, -0.25) is 0 Å². The van der Waals surface area contributed by atoms with Crippen molar-refractivity contribution >= 4 is 0 Å². The fourth-order valence-corrected chi connectivity index (χ4v) is 3.70. The van der Waals surface area contributed by atoms with E-state index in [0.29, 0.717) is 12.6 Å². The lowest BCUT2D eigenvalue weighted by atomic mass is 9.85. The molecular formula is C18H29NO. The van der Waals surface area contributed by atoms with E-state index in [1.807, 2.05) is 0 Å². The molecule has 0 saturated heterocycles. The minimum atomic E-state index is -0.398. The number of aryl methyl sites for hydroxylation is 3. The van der Waals surface area contributed by atoms with Crippen LogP contribution in [-0.2, 0) is 0 Å². The van der Waals surface area contributed by atoms with E-state index in [2.05, 4.69) is 45.1 Å². The Morgan fingerprint density at radius 2 is 1.75 bits per heavy atom. The van der Waals surface area contributed by atoms with Crippen LogP contribution < -0.4 is 5.32 Å². The van der Waals surface area contributed by atoms with E-state index in [0.717, 1.165) is 11.5 Å². The summed E-state index contributed by atoms with van der Waals surface area (Å²) in [6, 6.07) is 4.90. The van der Waals surface area contributed by atoms with Crippen molar-refractivity contribution in [2.75, 3.05) is 6.54 Å². The molecule has 0 amide bonds. The van der Waals surface area contributed by atoms with Crippen LogP contribution in [0.3, 0.4) is 0 Å². The molecule has 0 heterocycles. The van der Waals surface area contributed by atoms with Crippen molar-refractivity contribution in [3.8, 4) is 0 Å². The Morgan fingerprint density at radius 3 is 2.35 bits per heavy atom. The highest BCUT2D eigenvalue weighted by atomic mass is 16.3. The Balaban J connectivity index is 1.99. The van der Waals surface area contributed by atoms with Gasteiger partial charge in [-0.2, -0.15) is 0 Å². The molecule has 2 nitrogen and oxygen atoms in total. The maximum atomic E-state index is 10.5. The van der Waals surface area contributed by atoms with E-state index < -0.39 is 6.10 Å². The van der Waals surface area contributed by atoms with Crippen LogP contribution in [-0.4, -0.2) is 17.7 Å². The van der Waals surface area contributed by atoms with Crippen molar-refractivity contribution < 1.29 is 5.11 Å². The summed E-state index contributed by atoms with van der Waals surface area (Å²) in [6.07, 6.45) is 4.85. The van der Waals surface area contributed by atoms with Gasteiger partial charge in [0.1, 0.15) is 0 Å². The molecule has 1 aromatic carbocycles. The minimum absolute atomic E-state index is 0.398. The third-order valence-electron chi connectivity index (χ3n) is 4.76. The van der Waals surface area contributed by atoms with Gasteiger partial charge in [-0.05, 0) is 56.2 Å². The monoisotopic (exact) mass is 275 g/mol. The summed E-state index contributed by atoms with van der Waals surface area (Å²) in [6.45, 7) is 9.30. The van der Waals surface area contributed by atoms with Crippen LogP contribution in [0.4, 0.5) is 0 Å². The van der Waals surface area contributed by atoms with Crippen molar-refractivity contribution in [2.45, 2.75) is 65.5 Å². The maximum Gasteiger partial charge on any atom is 0.0919 e. The summed E-state index contributed by atoms with van der Waals surface area (Å²) in [5.74, 6) is 0.733. The first-order valence-electron chi connectivity index (χ1n) is 7.98. The van der Waals surface area contributed by atoms with E-state index >= 15 is 0 Å². The second kappa shape index (κ2) is 6.73. The predicted octanol–water partition coefficient (Wildman–Crippen LogP) is 3.81. The molecule has 1 fully saturated rings. The number of hydrogen-bond acceptors (Lipinski definition) is 2. The van der Waals surface area contributed by atoms with Crippen molar-refractivity contribution in [1.29, 1.82) is 0 Å². The van der Waals surface area contributed by atoms with Gasteiger partial charge in [0.15, 0.2) is 0 Å². The Labute approximate surface area is 123 Å². The second-order valence-electron chi connectivity index (χ2n) is 6.60. The van der Waals surface area contributed by atoms with Gasteiger partial charge in [-0.25, -0.2) is 0 Å². The standard InChI is InChI=1S/C18H29NO/c1-12-9-14(3)18(15(4)10-12)17(20)11-19-16-8-6-5-7-13(16)2/h9-10,13,16-17,19-20H,5-8,11H2,1-4H3. The Morgan fingerprint density at radius 1 is 1.15 bits per heavy atom. The quantitative estimate of drug-likeness (QED) is 0.875. The maximum absolute atomic E-state index is 10.5. The molecule has 0 radical (unpaired) electrons. The molecular weight excluding hydrogens is 246 g/mol. The van der Waals surface area contributed by atoms with Crippen molar-refractivity contribution in [1.82, 2.24) is 5.32 Å². The molecule has 0 bridgehead atoms. The van der Waals surface area contributed by atoms with E-state index in [1.54, 1.807) is 0 Å². The first-order valence-corrected chi connectivity index (χ1v) is 7.98. The number of hydrogen-bond donors (Lipinski definition) is 2. The smallest absolute Gasteiger partial charge is 0.0919 e. The fraction of sp³-hybridized carbons (Fsp3) is 0.667. The molecule has 1 aliphatic rings. The molecule has 1 aromatic rings. The highest BCUT2D eigenvalue weighted by Crippen LogP contribution is 2.26. The molecule has 2 heteroatoms. The minimum Gasteiger partial charge on any atom is -0.387 e. The molecule has 112 valence electrons. The highest BCUT2D eigenvalue weighted by molar-refractivity contribution is 5.39. The van der Waals surface area contributed by atoms with Gasteiger partial charge < -0.3 is 10.4 Å². The third-order valence-corrected chi connectivity index (χ3v) is 4.76. The molecule has 1 saturated carbocycles. The van der Waals surface area contributed by atoms with Crippen molar-refractivity contribution in [3.05, 3.63) is 34.4 Å². The zero-order valence-corrected chi connectivity index (χ0v) is 13.4. The van der Waals surface area contributed by atoms with Crippen LogP contribution in [0.15, 0.2) is 12.1 Å². The molecule has 3 unspecified atom stereocenters. The Bertz CT molecular complexity index is 432. The zero-order chi connectivity index (χ0) is 14.7. The number of aliphatic hydroxyl groups excluding tert-OH is 1. The average molecular weight is 275 g/mol. The normalized spacial score (nSPS) is 24.6. The van der Waals surface area contributed by atoms with E-state index in [9.17, 15) is 5.11 Å².